The second-order valence-electron chi connectivity index (χ2n) is 4.96. The van der Waals surface area contributed by atoms with Crippen LogP contribution in [-0.2, 0) is 13.0 Å². The second kappa shape index (κ2) is 4.15. The average molecular weight is 282 g/mol. The van der Waals surface area contributed by atoms with E-state index in [9.17, 15) is 4.79 Å². The molecule has 7 heteroatoms. The summed E-state index contributed by atoms with van der Waals surface area (Å²) in [4.78, 5) is 21.6. The molecule has 0 saturated heterocycles. The number of pyridine rings is 1. The Labute approximate surface area is 119 Å². The summed E-state index contributed by atoms with van der Waals surface area (Å²) in [6, 6.07) is 1.90. The largest absolute Gasteiger partial charge is 0.294 e. The fourth-order valence-electron chi connectivity index (χ4n) is 2.63. The van der Waals surface area contributed by atoms with Crippen LogP contribution in [0.4, 0.5) is 0 Å². The van der Waals surface area contributed by atoms with Gasteiger partial charge >= 0.3 is 0 Å². The number of aryl methyl sites for hydroxylation is 2. The normalized spacial score (nSPS) is 11.9. The quantitative estimate of drug-likeness (QED) is 0.604. The smallest absolute Gasteiger partial charge is 0.282 e. The standard InChI is InChI=1S/C14H14N6O/c1-3-8-5-11-17-12-9-7-16-19(4-2)13(9)15-6-10(12)14(21)20(11)18-8/h5-7,18H,3-4H2,1-2H3. The molecule has 0 atom stereocenters. The molecule has 0 saturated carbocycles. The first kappa shape index (κ1) is 12.1. The maximum atomic E-state index is 12.6. The van der Waals surface area contributed by atoms with E-state index in [4.69, 9.17) is 0 Å². The van der Waals surface area contributed by atoms with Crippen LogP contribution in [0.1, 0.15) is 19.5 Å². The number of H-pyrrole nitrogens is 1. The molecule has 7 nitrogen and oxygen atoms in total. The highest BCUT2D eigenvalue weighted by Crippen LogP contribution is 2.20. The van der Waals surface area contributed by atoms with Gasteiger partial charge in [-0.15, -0.1) is 0 Å². The average Bonchev–Trinajstić information content (AvgIpc) is 3.10. The summed E-state index contributed by atoms with van der Waals surface area (Å²) < 4.78 is 3.27. The van der Waals surface area contributed by atoms with E-state index < -0.39 is 0 Å². The topological polar surface area (TPSA) is 80.9 Å². The minimum Gasteiger partial charge on any atom is -0.294 e. The van der Waals surface area contributed by atoms with E-state index in [-0.39, 0.29) is 5.56 Å². The number of fused-ring (bicyclic) bond motifs is 4. The summed E-state index contributed by atoms with van der Waals surface area (Å²) in [6.45, 7) is 4.76. The van der Waals surface area contributed by atoms with Gasteiger partial charge in [0.25, 0.3) is 5.56 Å². The number of nitrogens with one attached hydrogen (secondary N) is 1. The Kier molecular flexibility index (Phi) is 2.38. The van der Waals surface area contributed by atoms with Crippen molar-refractivity contribution in [3.8, 4) is 0 Å². The van der Waals surface area contributed by atoms with Gasteiger partial charge in [0.1, 0.15) is 0 Å². The lowest BCUT2D eigenvalue weighted by Gasteiger charge is -2.01. The third-order valence-corrected chi connectivity index (χ3v) is 3.77. The third kappa shape index (κ3) is 1.54. The summed E-state index contributed by atoms with van der Waals surface area (Å²) >= 11 is 0. The van der Waals surface area contributed by atoms with Gasteiger partial charge in [0.05, 0.1) is 22.5 Å². The van der Waals surface area contributed by atoms with Gasteiger partial charge in [0.2, 0.25) is 0 Å². The first-order chi connectivity index (χ1) is 10.2. The Bertz CT molecular complexity index is 1040. The monoisotopic (exact) mass is 282 g/mol. The van der Waals surface area contributed by atoms with Crippen LogP contribution in [0, 0.1) is 0 Å². The van der Waals surface area contributed by atoms with Crippen molar-refractivity contribution in [1.29, 1.82) is 0 Å². The van der Waals surface area contributed by atoms with Crippen molar-refractivity contribution < 1.29 is 0 Å². The maximum absolute atomic E-state index is 12.6. The Balaban J connectivity index is 2.20. The van der Waals surface area contributed by atoms with Crippen LogP contribution in [0.15, 0.2) is 23.3 Å². The summed E-state index contributed by atoms with van der Waals surface area (Å²) in [5.41, 5.74) is 2.89. The molecule has 0 fully saturated rings. The number of hydrogen-bond donors (Lipinski definition) is 1. The Morgan fingerprint density at radius 2 is 2.10 bits per heavy atom. The lowest BCUT2D eigenvalue weighted by atomic mass is 10.2. The number of rotatable bonds is 2. The molecule has 0 aliphatic carbocycles. The molecule has 4 aromatic rings. The fourth-order valence-corrected chi connectivity index (χ4v) is 2.63. The highest BCUT2D eigenvalue weighted by atomic mass is 16.1. The Hall–Kier alpha value is -2.70. The summed E-state index contributed by atoms with van der Waals surface area (Å²) in [6.07, 6.45) is 4.13. The van der Waals surface area contributed by atoms with E-state index >= 15 is 0 Å². The molecule has 0 spiro atoms. The van der Waals surface area contributed by atoms with Gasteiger partial charge in [-0.05, 0) is 13.3 Å². The van der Waals surface area contributed by atoms with Gasteiger partial charge in [-0.1, -0.05) is 6.92 Å². The van der Waals surface area contributed by atoms with Crippen LogP contribution in [0.3, 0.4) is 0 Å². The molecule has 0 aromatic carbocycles. The van der Waals surface area contributed by atoms with Crippen LogP contribution in [0.2, 0.25) is 0 Å². The van der Waals surface area contributed by atoms with E-state index in [0.717, 1.165) is 29.7 Å². The minimum absolute atomic E-state index is 0.131. The van der Waals surface area contributed by atoms with Gasteiger partial charge in [0, 0.05) is 24.5 Å². The lowest BCUT2D eigenvalue weighted by Crippen LogP contribution is -2.15. The highest BCUT2D eigenvalue weighted by molar-refractivity contribution is 6.01. The second-order valence-corrected chi connectivity index (χ2v) is 4.96. The maximum Gasteiger partial charge on any atom is 0.282 e. The van der Waals surface area contributed by atoms with Gasteiger partial charge in [-0.2, -0.15) is 5.10 Å². The zero-order valence-electron chi connectivity index (χ0n) is 11.8. The summed E-state index contributed by atoms with van der Waals surface area (Å²) in [5.74, 6) is 0. The van der Waals surface area contributed by atoms with Crippen molar-refractivity contribution >= 4 is 27.6 Å². The number of aromatic amines is 1. The molecule has 0 aliphatic heterocycles. The highest BCUT2D eigenvalue weighted by Gasteiger charge is 2.13. The molecule has 21 heavy (non-hydrogen) atoms. The molecule has 4 rings (SSSR count). The predicted octanol–water partition coefficient (Wildman–Crippen LogP) is 1.50. The predicted molar refractivity (Wildman–Crippen MR) is 79.5 cm³/mol. The van der Waals surface area contributed by atoms with Gasteiger partial charge < -0.3 is 0 Å². The van der Waals surface area contributed by atoms with E-state index in [0.29, 0.717) is 16.6 Å². The Morgan fingerprint density at radius 1 is 1.24 bits per heavy atom. The van der Waals surface area contributed by atoms with Gasteiger partial charge in [-0.25, -0.2) is 19.2 Å². The molecule has 0 amide bonds. The van der Waals surface area contributed by atoms with Crippen molar-refractivity contribution in [3.05, 3.63) is 34.5 Å². The summed E-state index contributed by atoms with van der Waals surface area (Å²) in [7, 11) is 0. The zero-order chi connectivity index (χ0) is 14.6. The Morgan fingerprint density at radius 3 is 2.86 bits per heavy atom. The fraction of sp³-hybridized carbons (Fsp3) is 0.286. The molecule has 0 aliphatic rings. The van der Waals surface area contributed by atoms with Crippen LogP contribution in [0.5, 0.6) is 0 Å². The number of nitrogens with zero attached hydrogens (tertiary/aromatic N) is 5. The van der Waals surface area contributed by atoms with Crippen LogP contribution in [-0.4, -0.2) is 29.4 Å². The van der Waals surface area contributed by atoms with Crippen molar-refractivity contribution in [2.45, 2.75) is 26.8 Å². The molecular formula is C14H14N6O. The van der Waals surface area contributed by atoms with E-state index in [1.807, 2.05) is 19.9 Å². The molecule has 1 N–H and O–H groups in total. The minimum atomic E-state index is -0.131. The van der Waals surface area contributed by atoms with E-state index in [2.05, 4.69) is 20.2 Å². The van der Waals surface area contributed by atoms with E-state index in [1.54, 1.807) is 17.1 Å². The summed E-state index contributed by atoms with van der Waals surface area (Å²) in [5, 5.41) is 8.67. The third-order valence-electron chi connectivity index (χ3n) is 3.77. The van der Waals surface area contributed by atoms with Crippen LogP contribution in [0.25, 0.3) is 27.6 Å². The van der Waals surface area contributed by atoms with E-state index in [1.165, 1.54) is 4.52 Å². The van der Waals surface area contributed by atoms with Crippen molar-refractivity contribution in [1.82, 2.24) is 29.4 Å². The van der Waals surface area contributed by atoms with Crippen molar-refractivity contribution in [2.24, 2.45) is 0 Å². The van der Waals surface area contributed by atoms with Crippen molar-refractivity contribution in [3.63, 3.8) is 0 Å². The zero-order valence-corrected chi connectivity index (χ0v) is 11.8. The van der Waals surface area contributed by atoms with Crippen LogP contribution >= 0.6 is 0 Å². The van der Waals surface area contributed by atoms with Crippen molar-refractivity contribution in [2.75, 3.05) is 0 Å². The number of aromatic nitrogens is 6. The first-order valence-electron chi connectivity index (χ1n) is 6.97. The molecule has 4 aromatic heterocycles. The van der Waals surface area contributed by atoms with Crippen LogP contribution < -0.4 is 5.56 Å². The lowest BCUT2D eigenvalue weighted by molar-refractivity contribution is 0.677. The number of hydrogen-bond acceptors (Lipinski definition) is 4. The molecular weight excluding hydrogens is 268 g/mol. The first-order valence-corrected chi connectivity index (χ1v) is 6.97. The molecule has 106 valence electrons. The molecule has 4 heterocycles. The molecule has 0 bridgehead atoms. The SMILES string of the molecule is CCc1cc2nc3c(cnc4c3cnn4CC)c(=O)n2[nH]1. The molecule has 0 unspecified atom stereocenters. The molecule has 0 radical (unpaired) electrons. The van der Waals surface area contributed by atoms with Gasteiger partial charge in [0.15, 0.2) is 11.3 Å². The van der Waals surface area contributed by atoms with Gasteiger partial charge in [-0.3, -0.25) is 9.89 Å².